The van der Waals surface area contributed by atoms with Gasteiger partial charge in [-0.25, -0.2) is 0 Å². The second kappa shape index (κ2) is 7.40. The lowest BCUT2D eigenvalue weighted by Gasteiger charge is -2.20. The van der Waals surface area contributed by atoms with Crippen LogP contribution in [0.1, 0.15) is 38.2 Å². The van der Waals surface area contributed by atoms with Crippen molar-refractivity contribution in [2.45, 2.75) is 38.7 Å². The largest absolute Gasteiger partial charge is 0.491 e. The van der Waals surface area contributed by atoms with Crippen LogP contribution in [-0.2, 0) is 9.59 Å². The van der Waals surface area contributed by atoms with Gasteiger partial charge in [-0.05, 0) is 30.4 Å². The van der Waals surface area contributed by atoms with Crippen molar-refractivity contribution in [2.75, 3.05) is 13.2 Å². The van der Waals surface area contributed by atoms with Crippen LogP contribution in [-0.4, -0.2) is 41.1 Å². The van der Waals surface area contributed by atoms with Gasteiger partial charge in [0.05, 0.1) is 18.4 Å². The molecule has 5 heteroatoms. The molecular formula is C20H25NO4. The van der Waals surface area contributed by atoms with Crippen molar-refractivity contribution in [2.24, 2.45) is 11.8 Å². The summed E-state index contributed by atoms with van der Waals surface area (Å²) in [5, 5.41) is 10.3. The summed E-state index contributed by atoms with van der Waals surface area (Å²) < 4.78 is 5.75. The molecule has 0 radical (unpaired) electrons. The van der Waals surface area contributed by atoms with Crippen molar-refractivity contribution >= 4 is 11.8 Å². The molecule has 1 aromatic rings. The lowest BCUT2D eigenvalue weighted by Crippen LogP contribution is -2.40. The number of rotatable bonds is 6. The molecule has 0 bridgehead atoms. The third kappa shape index (κ3) is 3.61. The minimum Gasteiger partial charge on any atom is -0.491 e. The maximum absolute atomic E-state index is 12.4. The van der Waals surface area contributed by atoms with Gasteiger partial charge in [-0.3, -0.25) is 14.5 Å². The second-order valence-electron chi connectivity index (χ2n) is 7.10. The van der Waals surface area contributed by atoms with E-state index in [1.54, 1.807) is 0 Å². The first-order chi connectivity index (χ1) is 12.0. The highest BCUT2D eigenvalue weighted by Crippen LogP contribution is 2.35. The van der Waals surface area contributed by atoms with E-state index in [1.165, 1.54) is 4.90 Å². The molecule has 3 atom stereocenters. The fourth-order valence-corrected chi connectivity index (χ4v) is 3.59. The van der Waals surface area contributed by atoms with Crippen LogP contribution in [0.5, 0.6) is 5.75 Å². The molecule has 1 heterocycles. The number of ether oxygens (including phenoxy) is 1. The first kappa shape index (κ1) is 17.7. The van der Waals surface area contributed by atoms with Crippen molar-refractivity contribution in [3.05, 3.63) is 42.0 Å². The van der Waals surface area contributed by atoms with Crippen LogP contribution in [0.25, 0.3) is 0 Å². The van der Waals surface area contributed by atoms with Crippen LogP contribution in [0, 0.1) is 11.8 Å². The van der Waals surface area contributed by atoms with Gasteiger partial charge in [0.2, 0.25) is 11.8 Å². The topological polar surface area (TPSA) is 66.8 Å². The van der Waals surface area contributed by atoms with Crippen LogP contribution in [0.2, 0.25) is 0 Å². The van der Waals surface area contributed by atoms with E-state index in [1.807, 2.05) is 36.4 Å². The summed E-state index contributed by atoms with van der Waals surface area (Å²) in [5.41, 5.74) is 1.07. The second-order valence-corrected chi connectivity index (χ2v) is 7.10. The van der Waals surface area contributed by atoms with Crippen LogP contribution in [0.15, 0.2) is 36.4 Å². The smallest absolute Gasteiger partial charge is 0.233 e. The van der Waals surface area contributed by atoms with E-state index in [0.29, 0.717) is 18.8 Å². The number of hydrogen-bond donors (Lipinski definition) is 1. The predicted octanol–water partition coefficient (Wildman–Crippen LogP) is 2.50. The van der Waals surface area contributed by atoms with Crippen LogP contribution < -0.4 is 4.74 Å². The number of aliphatic hydroxyl groups excluding tert-OH is 1. The Morgan fingerprint density at radius 2 is 1.72 bits per heavy atom. The zero-order chi connectivity index (χ0) is 18.0. The number of aliphatic hydroxyl groups is 1. The maximum Gasteiger partial charge on any atom is 0.233 e. The minimum absolute atomic E-state index is 0.00544. The molecule has 0 saturated carbocycles. The molecule has 0 spiro atoms. The summed E-state index contributed by atoms with van der Waals surface area (Å²) in [6, 6.07) is 7.71. The SMILES string of the molecule is CC(C)c1ccccc1OCC(O)CN1C(=O)C2CC=CCC2C1=O. The molecular weight excluding hydrogens is 318 g/mol. The number of carbonyl (C=O) groups excluding carboxylic acids is 2. The molecule has 1 aromatic carbocycles. The number of hydrogen-bond acceptors (Lipinski definition) is 4. The summed E-state index contributed by atoms with van der Waals surface area (Å²) >= 11 is 0. The van der Waals surface area contributed by atoms with Gasteiger partial charge < -0.3 is 9.84 Å². The number of likely N-dealkylation sites (tertiary alicyclic amines) is 1. The molecule has 5 nitrogen and oxygen atoms in total. The number of imide groups is 1. The first-order valence-corrected chi connectivity index (χ1v) is 8.89. The molecule has 2 aliphatic rings. The zero-order valence-corrected chi connectivity index (χ0v) is 14.7. The normalized spacial score (nSPS) is 23.9. The van der Waals surface area contributed by atoms with Gasteiger partial charge in [0.15, 0.2) is 0 Å². The highest BCUT2D eigenvalue weighted by molar-refractivity contribution is 6.05. The van der Waals surface area contributed by atoms with Crippen molar-refractivity contribution in [1.82, 2.24) is 4.90 Å². The van der Waals surface area contributed by atoms with Crippen LogP contribution in [0.4, 0.5) is 0 Å². The molecule has 1 saturated heterocycles. The van der Waals surface area contributed by atoms with Gasteiger partial charge in [-0.1, -0.05) is 44.2 Å². The minimum atomic E-state index is -0.902. The van der Waals surface area contributed by atoms with E-state index >= 15 is 0 Å². The quantitative estimate of drug-likeness (QED) is 0.637. The third-order valence-electron chi connectivity index (χ3n) is 4.96. The lowest BCUT2D eigenvalue weighted by molar-refractivity contribution is -0.141. The van der Waals surface area contributed by atoms with Crippen molar-refractivity contribution in [3.63, 3.8) is 0 Å². The average molecular weight is 343 g/mol. The molecule has 134 valence electrons. The Labute approximate surface area is 148 Å². The molecule has 3 unspecified atom stereocenters. The van der Waals surface area contributed by atoms with Crippen molar-refractivity contribution in [3.8, 4) is 5.75 Å². The number of amides is 2. The van der Waals surface area contributed by atoms with Gasteiger partial charge in [-0.2, -0.15) is 0 Å². The zero-order valence-electron chi connectivity index (χ0n) is 14.7. The van der Waals surface area contributed by atoms with E-state index in [4.69, 9.17) is 4.74 Å². The fourth-order valence-electron chi connectivity index (χ4n) is 3.59. The molecule has 25 heavy (non-hydrogen) atoms. The van der Waals surface area contributed by atoms with Crippen LogP contribution in [0.3, 0.4) is 0 Å². The Bertz CT molecular complexity index is 656. The van der Waals surface area contributed by atoms with Crippen molar-refractivity contribution < 1.29 is 19.4 Å². The first-order valence-electron chi connectivity index (χ1n) is 8.89. The molecule has 1 aliphatic heterocycles. The Morgan fingerprint density at radius 1 is 1.12 bits per heavy atom. The van der Waals surface area contributed by atoms with E-state index in [9.17, 15) is 14.7 Å². The number of nitrogens with zero attached hydrogens (tertiary/aromatic N) is 1. The summed E-state index contributed by atoms with van der Waals surface area (Å²) in [6.45, 7) is 4.20. The van der Waals surface area contributed by atoms with E-state index in [0.717, 1.165) is 11.3 Å². The molecule has 1 aliphatic carbocycles. The Hall–Kier alpha value is -2.14. The maximum atomic E-state index is 12.4. The average Bonchev–Trinajstić information content (AvgIpc) is 2.85. The molecule has 2 amide bonds. The number of carbonyl (C=O) groups is 2. The Kier molecular flexibility index (Phi) is 5.23. The van der Waals surface area contributed by atoms with E-state index in [-0.39, 0.29) is 36.8 Å². The summed E-state index contributed by atoms with van der Waals surface area (Å²) in [5.74, 6) is 0.195. The number of allylic oxidation sites excluding steroid dienone is 2. The van der Waals surface area contributed by atoms with Gasteiger partial charge in [-0.15, -0.1) is 0 Å². The monoisotopic (exact) mass is 343 g/mol. The van der Waals surface area contributed by atoms with Gasteiger partial charge in [0.25, 0.3) is 0 Å². The Morgan fingerprint density at radius 3 is 2.32 bits per heavy atom. The van der Waals surface area contributed by atoms with Gasteiger partial charge in [0.1, 0.15) is 18.5 Å². The van der Waals surface area contributed by atoms with Crippen molar-refractivity contribution in [1.29, 1.82) is 0 Å². The highest BCUT2D eigenvalue weighted by atomic mass is 16.5. The number of para-hydroxylation sites is 1. The Balaban J connectivity index is 1.59. The number of fused-ring (bicyclic) bond motifs is 1. The standard InChI is InChI=1S/C20H25NO4/c1-13(2)15-7-5-6-10-18(15)25-12-14(22)11-21-19(23)16-8-3-4-9-17(16)20(21)24/h3-7,10,13-14,16-17,22H,8-9,11-12H2,1-2H3. The molecule has 1 N–H and O–H groups in total. The van der Waals surface area contributed by atoms with Gasteiger partial charge in [0, 0.05) is 0 Å². The summed E-state index contributed by atoms with van der Waals surface area (Å²) in [7, 11) is 0. The van der Waals surface area contributed by atoms with E-state index in [2.05, 4.69) is 13.8 Å². The lowest BCUT2D eigenvalue weighted by atomic mass is 9.85. The van der Waals surface area contributed by atoms with Crippen LogP contribution >= 0.6 is 0 Å². The van der Waals surface area contributed by atoms with E-state index < -0.39 is 6.10 Å². The fraction of sp³-hybridized carbons (Fsp3) is 0.500. The molecule has 0 aromatic heterocycles. The number of benzene rings is 1. The third-order valence-corrected chi connectivity index (χ3v) is 4.96. The molecule has 3 rings (SSSR count). The summed E-state index contributed by atoms with van der Waals surface area (Å²) in [6.07, 6.45) is 4.23. The number of β-amino-alcohol motifs (C(OH)–C–C–N with tert-alkyl or cyclic N) is 1. The summed E-state index contributed by atoms with van der Waals surface area (Å²) in [4.78, 5) is 26.1. The highest BCUT2D eigenvalue weighted by Gasteiger charge is 2.47. The van der Waals surface area contributed by atoms with Gasteiger partial charge >= 0.3 is 0 Å². The molecule has 1 fully saturated rings. The predicted molar refractivity (Wildman–Crippen MR) is 94.1 cm³/mol.